The lowest BCUT2D eigenvalue weighted by atomic mass is 10.1. The molecule has 0 saturated heterocycles. The molecular weight excluding hydrogens is 426 g/mol. The van der Waals surface area contributed by atoms with Crippen LogP contribution in [-0.4, -0.2) is 26.8 Å². The minimum absolute atomic E-state index is 0.314. The van der Waals surface area contributed by atoms with Crippen LogP contribution in [0, 0.1) is 13.8 Å². The number of carbonyl (C=O) groups is 1. The van der Waals surface area contributed by atoms with Gasteiger partial charge in [0.25, 0.3) is 5.91 Å². The van der Waals surface area contributed by atoms with Crippen LogP contribution in [0.15, 0.2) is 78.9 Å². The van der Waals surface area contributed by atoms with E-state index in [1.165, 1.54) is 15.8 Å². The highest BCUT2D eigenvalue weighted by atomic mass is 16.5. The van der Waals surface area contributed by atoms with Crippen molar-refractivity contribution in [1.82, 2.24) is 14.8 Å². The van der Waals surface area contributed by atoms with Gasteiger partial charge in [0.2, 0.25) is 11.9 Å². The van der Waals surface area contributed by atoms with E-state index >= 15 is 0 Å². The number of aromatic nitrogens is 3. The van der Waals surface area contributed by atoms with Crippen LogP contribution >= 0.6 is 0 Å². The van der Waals surface area contributed by atoms with E-state index in [1.54, 1.807) is 6.92 Å². The molecule has 0 aliphatic heterocycles. The van der Waals surface area contributed by atoms with Gasteiger partial charge in [-0.2, -0.15) is 9.67 Å². The van der Waals surface area contributed by atoms with Crippen molar-refractivity contribution in [3.63, 3.8) is 0 Å². The number of benzene rings is 3. The maximum absolute atomic E-state index is 13.2. The van der Waals surface area contributed by atoms with Gasteiger partial charge in [-0.05, 0) is 44.0 Å². The Balaban J connectivity index is 1.51. The monoisotopic (exact) mass is 455 g/mol. The molecule has 0 aliphatic rings. The van der Waals surface area contributed by atoms with Crippen LogP contribution in [0.5, 0.6) is 5.75 Å². The molecule has 7 nitrogen and oxygen atoms in total. The van der Waals surface area contributed by atoms with Crippen LogP contribution in [0.25, 0.3) is 0 Å². The Kier molecular flexibility index (Phi) is 7.22. The Morgan fingerprint density at radius 2 is 1.41 bits per heavy atom. The zero-order valence-electron chi connectivity index (χ0n) is 19.7. The van der Waals surface area contributed by atoms with E-state index in [0.717, 1.165) is 11.1 Å². The van der Waals surface area contributed by atoms with Crippen molar-refractivity contribution in [3.05, 3.63) is 101 Å². The van der Waals surface area contributed by atoms with E-state index in [9.17, 15) is 4.79 Å². The van der Waals surface area contributed by atoms with Gasteiger partial charge in [-0.15, -0.1) is 5.10 Å². The molecular formula is C27H29N5O2. The standard InChI is InChI=1S/C27H29N5O2/c1-19-9-13-22(14-10-19)17-28-26-30-27(29-18-23-15-11-20(2)12-16-23)32(31-26)25(33)21(3)34-24-7-5-4-6-8-24/h4-16,21H,17-18H2,1-3H3,(H2,28,29,30,31)/t21-/m0/s1. The first-order chi connectivity index (χ1) is 16.5. The molecule has 1 heterocycles. The van der Waals surface area contributed by atoms with Gasteiger partial charge in [0.15, 0.2) is 6.10 Å². The first-order valence-corrected chi connectivity index (χ1v) is 11.3. The van der Waals surface area contributed by atoms with Gasteiger partial charge in [-0.3, -0.25) is 4.79 Å². The highest BCUT2D eigenvalue weighted by molar-refractivity contribution is 5.85. The van der Waals surface area contributed by atoms with Gasteiger partial charge in [-0.25, -0.2) is 0 Å². The Labute approximate surface area is 199 Å². The predicted octanol–water partition coefficient (Wildman–Crippen LogP) is 5.23. The van der Waals surface area contributed by atoms with Crippen molar-refractivity contribution in [2.75, 3.05) is 10.6 Å². The molecule has 4 rings (SSSR count). The molecule has 174 valence electrons. The zero-order chi connectivity index (χ0) is 23.9. The number of aryl methyl sites for hydroxylation is 2. The normalized spacial score (nSPS) is 11.6. The van der Waals surface area contributed by atoms with E-state index in [2.05, 4.69) is 64.0 Å². The van der Waals surface area contributed by atoms with E-state index < -0.39 is 6.10 Å². The number of ether oxygens (including phenoxy) is 1. The van der Waals surface area contributed by atoms with Crippen molar-refractivity contribution in [3.8, 4) is 5.75 Å². The molecule has 1 aromatic heterocycles. The summed E-state index contributed by atoms with van der Waals surface area (Å²) in [6.07, 6.45) is -0.742. The summed E-state index contributed by atoms with van der Waals surface area (Å²) in [5, 5.41) is 10.9. The summed E-state index contributed by atoms with van der Waals surface area (Å²) in [4.78, 5) is 17.8. The lowest BCUT2D eigenvalue weighted by molar-refractivity contribution is 0.0713. The third kappa shape index (κ3) is 6.01. The van der Waals surface area contributed by atoms with Crippen LogP contribution in [0.3, 0.4) is 0 Å². The Morgan fingerprint density at radius 3 is 2.00 bits per heavy atom. The first kappa shape index (κ1) is 23.0. The van der Waals surface area contributed by atoms with Crippen molar-refractivity contribution in [2.24, 2.45) is 0 Å². The molecule has 0 saturated carbocycles. The molecule has 0 unspecified atom stereocenters. The molecule has 3 aromatic carbocycles. The highest BCUT2D eigenvalue weighted by Gasteiger charge is 2.23. The third-order valence-electron chi connectivity index (χ3n) is 5.36. The quantitative estimate of drug-likeness (QED) is 0.360. The van der Waals surface area contributed by atoms with Gasteiger partial charge in [0.05, 0.1) is 0 Å². The second-order valence-corrected chi connectivity index (χ2v) is 8.26. The lowest BCUT2D eigenvalue weighted by Crippen LogP contribution is -2.31. The SMILES string of the molecule is Cc1ccc(CNc2nc(NCc3ccc(C)cc3)n(C(=O)[C@H](C)Oc3ccccc3)n2)cc1. The van der Waals surface area contributed by atoms with Gasteiger partial charge < -0.3 is 15.4 Å². The molecule has 0 amide bonds. The van der Waals surface area contributed by atoms with Crippen molar-refractivity contribution in [1.29, 1.82) is 0 Å². The molecule has 1 atom stereocenters. The van der Waals surface area contributed by atoms with E-state index in [4.69, 9.17) is 4.74 Å². The van der Waals surface area contributed by atoms with Crippen LogP contribution < -0.4 is 15.4 Å². The third-order valence-corrected chi connectivity index (χ3v) is 5.36. The molecule has 0 bridgehead atoms. The number of hydrogen-bond acceptors (Lipinski definition) is 6. The second kappa shape index (κ2) is 10.7. The van der Waals surface area contributed by atoms with Crippen LogP contribution in [0.4, 0.5) is 11.9 Å². The molecule has 0 radical (unpaired) electrons. The summed E-state index contributed by atoms with van der Waals surface area (Å²) < 4.78 is 7.10. The smallest absolute Gasteiger partial charge is 0.290 e. The number of para-hydroxylation sites is 1. The van der Waals surface area contributed by atoms with E-state index in [-0.39, 0.29) is 5.91 Å². The fourth-order valence-corrected chi connectivity index (χ4v) is 3.35. The summed E-state index contributed by atoms with van der Waals surface area (Å²) >= 11 is 0. The summed E-state index contributed by atoms with van der Waals surface area (Å²) in [6.45, 7) is 6.87. The number of rotatable bonds is 9. The molecule has 34 heavy (non-hydrogen) atoms. The Morgan fingerprint density at radius 1 is 0.853 bits per heavy atom. The lowest BCUT2D eigenvalue weighted by Gasteiger charge is -2.14. The minimum atomic E-state index is -0.742. The Bertz CT molecular complexity index is 1220. The molecule has 2 N–H and O–H groups in total. The fraction of sp³-hybridized carbons (Fsp3) is 0.222. The number of nitrogens with zero attached hydrogens (tertiary/aromatic N) is 3. The molecule has 0 aliphatic carbocycles. The number of hydrogen-bond donors (Lipinski definition) is 2. The van der Waals surface area contributed by atoms with Gasteiger partial charge in [-0.1, -0.05) is 77.9 Å². The van der Waals surface area contributed by atoms with E-state index in [1.807, 2.05) is 49.4 Å². The van der Waals surface area contributed by atoms with Crippen LogP contribution in [0.2, 0.25) is 0 Å². The van der Waals surface area contributed by atoms with Crippen LogP contribution in [0.1, 0.15) is 34.0 Å². The minimum Gasteiger partial charge on any atom is -0.481 e. The van der Waals surface area contributed by atoms with Crippen LogP contribution in [-0.2, 0) is 13.1 Å². The number of anilines is 2. The topological polar surface area (TPSA) is 81.1 Å². The van der Waals surface area contributed by atoms with Crippen molar-refractivity contribution < 1.29 is 9.53 Å². The van der Waals surface area contributed by atoms with E-state index in [0.29, 0.717) is 30.7 Å². The fourth-order valence-electron chi connectivity index (χ4n) is 3.35. The summed E-state index contributed by atoms with van der Waals surface area (Å²) in [7, 11) is 0. The number of nitrogens with one attached hydrogen (secondary N) is 2. The highest BCUT2D eigenvalue weighted by Crippen LogP contribution is 2.16. The summed E-state index contributed by atoms with van der Waals surface area (Å²) in [5.74, 6) is 1.04. The van der Waals surface area contributed by atoms with Crippen molar-refractivity contribution in [2.45, 2.75) is 40.0 Å². The molecule has 0 spiro atoms. The second-order valence-electron chi connectivity index (χ2n) is 8.26. The molecule has 4 aromatic rings. The van der Waals surface area contributed by atoms with Gasteiger partial charge in [0.1, 0.15) is 5.75 Å². The summed E-state index contributed by atoms with van der Waals surface area (Å²) in [6, 6.07) is 25.7. The first-order valence-electron chi connectivity index (χ1n) is 11.3. The largest absolute Gasteiger partial charge is 0.481 e. The van der Waals surface area contributed by atoms with Gasteiger partial charge >= 0.3 is 0 Å². The summed E-state index contributed by atoms with van der Waals surface area (Å²) in [5.41, 5.74) is 4.57. The maximum Gasteiger partial charge on any atom is 0.290 e. The Hall–Kier alpha value is -4.13. The number of carbonyl (C=O) groups excluding carboxylic acids is 1. The zero-order valence-corrected chi connectivity index (χ0v) is 19.7. The van der Waals surface area contributed by atoms with Crippen molar-refractivity contribution >= 4 is 17.8 Å². The molecule has 0 fully saturated rings. The predicted molar refractivity (Wildman–Crippen MR) is 134 cm³/mol. The average Bonchev–Trinajstić information content (AvgIpc) is 3.26. The maximum atomic E-state index is 13.2. The average molecular weight is 456 g/mol. The molecule has 7 heteroatoms. The van der Waals surface area contributed by atoms with Gasteiger partial charge in [0, 0.05) is 13.1 Å².